The number of nitrogens with zero attached hydrogens (tertiary/aromatic N) is 2. The van der Waals surface area contributed by atoms with Crippen LogP contribution < -0.4 is 9.62 Å². The second kappa shape index (κ2) is 15.1. The monoisotopic (exact) mass is 685 g/mol. The topological polar surface area (TPSA) is 86.8 Å². The van der Waals surface area contributed by atoms with E-state index in [0.29, 0.717) is 32.9 Å². The van der Waals surface area contributed by atoms with Gasteiger partial charge in [-0.1, -0.05) is 77.3 Å². The third-order valence-electron chi connectivity index (χ3n) is 7.42. The van der Waals surface area contributed by atoms with Gasteiger partial charge in [-0.3, -0.25) is 13.9 Å². The first-order chi connectivity index (χ1) is 21.4. The minimum atomic E-state index is -4.24. The molecule has 4 rings (SSSR count). The molecule has 11 heteroatoms. The highest BCUT2D eigenvalue weighted by atomic mass is 35.5. The van der Waals surface area contributed by atoms with E-state index in [2.05, 4.69) is 5.32 Å². The largest absolute Gasteiger partial charge is 0.355 e. The van der Waals surface area contributed by atoms with Gasteiger partial charge >= 0.3 is 0 Å². The number of amides is 2. The molecule has 0 aromatic heterocycles. The van der Waals surface area contributed by atoms with E-state index in [1.165, 1.54) is 29.2 Å². The molecule has 1 N–H and O–H groups in total. The molecule has 236 valence electrons. The summed E-state index contributed by atoms with van der Waals surface area (Å²) in [5.41, 5.74) is 3.59. The molecule has 1 atom stereocenters. The van der Waals surface area contributed by atoms with Gasteiger partial charge in [0, 0.05) is 24.5 Å². The molecule has 7 nitrogen and oxygen atoms in total. The Kier molecular flexibility index (Phi) is 11.6. The van der Waals surface area contributed by atoms with Gasteiger partial charge in [-0.05, 0) is 91.6 Å². The van der Waals surface area contributed by atoms with Crippen molar-refractivity contribution in [3.8, 4) is 0 Å². The van der Waals surface area contributed by atoms with Crippen LogP contribution in [-0.4, -0.2) is 44.3 Å². The van der Waals surface area contributed by atoms with Gasteiger partial charge in [-0.2, -0.15) is 0 Å². The normalized spacial score (nSPS) is 12.0. The molecule has 0 saturated heterocycles. The van der Waals surface area contributed by atoms with E-state index >= 15 is 0 Å². The van der Waals surface area contributed by atoms with Gasteiger partial charge in [0.1, 0.15) is 12.6 Å². The Hall–Kier alpha value is -3.56. The number of hydrogen-bond acceptors (Lipinski definition) is 4. The van der Waals surface area contributed by atoms with Crippen molar-refractivity contribution in [3.05, 3.63) is 128 Å². The number of nitrogens with one attached hydrogen (secondary N) is 1. The number of hydrogen-bond donors (Lipinski definition) is 1. The number of carbonyl (C=O) groups excluding carboxylic acids is 2. The van der Waals surface area contributed by atoms with Crippen molar-refractivity contribution in [2.24, 2.45) is 0 Å². The van der Waals surface area contributed by atoms with Gasteiger partial charge in [0.05, 0.1) is 20.6 Å². The number of likely N-dealkylation sites (N-methyl/N-ethyl adjacent to an activating group) is 1. The summed E-state index contributed by atoms with van der Waals surface area (Å²) in [4.78, 5) is 29.4. The number of aryl methyl sites for hydroxylation is 2. The first-order valence-electron chi connectivity index (χ1n) is 14.3. The molecule has 0 aliphatic carbocycles. The van der Waals surface area contributed by atoms with Crippen molar-refractivity contribution in [1.82, 2.24) is 10.2 Å². The average Bonchev–Trinajstić information content (AvgIpc) is 3.01. The molecule has 45 heavy (non-hydrogen) atoms. The zero-order valence-corrected chi connectivity index (χ0v) is 28.2. The summed E-state index contributed by atoms with van der Waals surface area (Å²) in [6, 6.07) is 24.3. The van der Waals surface area contributed by atoms with Crippen molar-refractivity contribution in [2.75, 3.05) is 17.4 Å². The molecule has 0 saturated carbocycles. The molecule has 4 aromatic carbocycles. The summed E-state index contributed by atoms with van der Waals surface area (Å²) in [6.07, 6.45) is 0.202. The van der Waals surface area contributed by atoms with Crippen LogP contribution in [0.2, 0.25) is 15.1 Å². The van der Waals surface area contributed by atoms with E-state index in [1.807, 2.05) is 44.2 Å². The molecule has 0 fully saturated rings. The van der Waals surface area contributed by atoms with Gasteiger partial charge in [0.25, 0.3) is 10.0 Å². The molecule has 0 aliphatic rings. The highest BCUT2D eigenvalue weighted by molar-refractivity contribution is 7.92. The van der Waals surface area contributed by atoms with E-state index in [1.54, 1.807) is 43.3 Å². The van der Waals surface area contributed by atoms with E-state index in [4.69, 9.17) is 34.8 Å². The van der Waals surface area contributed by atoms with Gasteiger partial charge in [-0.25, -0.2) is 8.42 Å². The van der Waals surface area contributed by atoms with Gasteiger partial charge in [-0.15, -0.1) is 0 Å². The van der Waals surface area contributed by atoms with Gasteiger partial charge < -0.3 is 10.2 Å². The molecule has 0 heterocycles. The van der Waals surface area contributed by atoms with Crippen LogP contribution in [0.3, 0.4) is 0 Å². The van der Waals surface area contributed by atoms with Gasteiger partial charge in [0.15, 0.2) is 0 Å². The maximum absolute atomic E-state index is 14.5. The molecule has 0 bridgehead atoms. The minimum absolute atomic E-state index is 0.0217. The summed E-state index contributed by atoms with van der Waals surface area (Å²) < 4.78 is 29.3. The lowest BCUT2D eigenvalue weighted by Gasteiger charge is -2.34. The Morgan fingerprint density at radius 1 is 0.800 bits per heavy atom. The number of rotatable bonds is 12. The summed E-state index contributed by atoms with van der Waals surface area (Å²) in [5, 5.41) is 3.86. The molecular formula is C34H34Cl3N3O4S. The standard InChI is InChI=1S/C34H34Cl3N3O4S/c1-4-38-34(42)32(20-25-8-6-5-7-9-25)39(21-26-11-17-30(36)31(37)19-26)33(41)22-40(28-14-10-23(2)24(3)18-28)45(43,44)29-15-12-27(35)13-16-29/h5-19,32H,4,20-22H2,1-3H3,(H,38,42)/t32-/m1/s1. The van der Waals surface area contributed by atoms with E-state index in [0.717, 1.165) is 21.0 Å². The maximum atomic E-state index is 14.5. The molecular weight excluding hydrogens is 653 g/mol. The molecule has 0 spiro atoms. The summed E-state index contributed by atoms with van der Waals surface area (Å²) in [6.45, 7) is 5.34. The molecule has 0 unspecified atom stereocenters. The number of sulfonamides is 1. The zero-order chi connectivity index (χ0) is 32.7. The van der Waals surface area contributed by atoms with Crippen molar-refractivity contribution < 1.29 is 18.0 Å². The van der Waals surface area contributed by atoms with Crippen LogP contribution in [0, 0.1) is 13.8 Å². The zero-order valence-electron chi connectivity index (χ0n) is 25.1. The average molecular weight is 687 g/mol. The quantitative estimate of drug-likeness (QED) is 0.170. The third kappa shape index (κ3) is 8.58. The fourth-order valence-electron chi connectivity index (χ4n) is 4.82. The van der Waals surface area contributed by atoms with Crippen molar-refractivity contribution >= 4 is 62.3 Å². The number of halogens is 3. The first kappa shape index (κ1) is 34.3. The van der Waals surface area contributed by atoms with E-state index in [9.17, 15) is 18.0 Å². The number of anilines is 1. The summed E-state index contributed by atoms with van der Waals surface area (Å²) >= 11 is 18.5. The smallest absolute Gasteiger partial charge is 0.264 e. The highest BCUT2D eigenvalue weighted by Gasteiger charge is 2.34. The maximum Gasteiger partial charge on any atom is 0.264 e. The van der Waals surface area contributed by atoms with E-state index in [-0.39, 0.29) is 23.8 Å². The number of carbonyl (C=O) groups is 2. The Balaban J connectivity index is 1.82. The first-order valence-corrected chi connectivity index (χ1v) is 16.9. The van der Waals surface area contributed by atoms with Crippen molar-refractivity contribution in [2.45, 2.75) is 44.7 Å². The predicted molar refractivity (Wildman–Crippen MR) is 182 cm³/mol. The fourth-order valence-corrected chi connectivity index (χ4v) is 6.68. The summed E-state index contributed by atoms with van der Waals surface area (Å²) in [5.74, 6) is -0.947. The fraction of sp³-hybridized carbons (Fsp3) is 0.235. The van der Waals surface area contributed by atoms with Crippen LogP contribution in [0.25, 0.3) is 0 Å². The van der Waals surface area contributed by atoms with Crippen LogP contribution in [0.5, 0.6) is 0 Å². The Labute approximate surface area is 279 Å². The minimum Gasteiger partial charge on any atom is -0.355 e. The lowest BCUT2D eigenvalue weighted by molar-refractivity contribution is -0.140. The molecule has 0 aliphatic heterocycles. The molecule has 2 amide bonds. The van der Waals surface area contributed by atoms with Crippen LogP contribution >= 0.6 is 34.8 Å². The molecule has 0 radical (unpaired) electrons. The van der Waals surface area contributed by atoms with Gasteiger partial charge in [0.2, 0.25) is 11.8 Å². The SMILES string of the molecule is CCNC(=O)[C@@H](Cc1ccccc1)N(Cc1ccc(Cl)c(Cl)c1)C(=O)CN(c1ccc(C)c(C)c1)S(=O)(=O)c1ccc(Cl)cc1. The van der Waals surface area contributed by atoms with Crippen LogP contribution in [0.15, 0.2) is 95.9 Å². The van der Waals surface area contributed by atoms with Crippen molar-refractivity contribution in [1.29, 1.82) is 0 Å². The van der Waals surface area contributed by atoms with Crippen LogP contribution in [0.1, 0.15) is 29.2 Å². The summed E-state index contributed by atoms with van der Waals surface area (Å²) in [7, 11) is -4.24. The Morgan fingerprint density at radius 3 is 2.11 bits per heavy atom. The number of benzene rings is 4. The predicted octanol–water partition coefficient (Wildman–Crippen LogP) is 7.24. The third-order valence-corrected chi connectivity index (χ3v) is 10.2. The van der Waals surface area contributed by atoms with E-state index < -0.39 is 28.5 Å². The Bertz CT molecular complexity index is 1770. The molecule has 4 aromatic rings. The lowest BCUT2D eigenvalue weighted by Crippen LogP contribution is -2.53. The second-order valence-electron chi connectivity index (χ2n) is 10.6. The van der Waals surface area contributed by atoms with Crippen LogP contribution in [0.4, 0.5) is 5.69 Å². The highest BCUT2D eigenvalue weighted by Crippen LogP contribution is 2.28. The van der Waals surface area contributed by atoms with Crippen LogP contribution in [-0.2, 0) is 32.6 Å². The second-order valence-corrected chi connectivity index (χ2v) is 13.7. The lowest BCUT2D eigenvalue weighted by atomic mass is 10.0. The Morgan fingerprint density at radius 2 is 1.49 bits per heavy atom. The van der Waals surface area contributed by atoms with Crippen molar-refractivity contribution in [3.63, 3.8) is 0 Å².